The van der Waals surface area contributed by atoms with Crippen LogP contribution in [-0.2, 0) is 4.79 Å². The zero-order chi connectivity index (χ0) is 11.5. The second-order valence-corrected chi connectivity index (χ2v) is 3.98. The minimum atomic E-state index is 0.155. The molecule has 0 radical (unpaired) electrons. The van der Waals surface area contributed by atoms with Crippen molar-refractivity contribution >= 4 is 11.6 Å². The largest absolute Gasteiger partial charge is 0.329 e. The van der Waals surface area contributed by atoms with Crippen molar-refractivity contribution in [2.45, 2.75) is 13.3 Å². The highest BCUT2D eigenvalue weighted by Gasteiger charge is 2.30. The minimum absolute atomic E-state index is 0.155. The van der Waals surface area contributed by atoms with Crippen LogP contribution in [0.3, 0.4) is 0 Å². The van der Waals surface area contributed by atoms with Crippen LogP contribution in [-0.4, -0.2) is 30.6 Å². The van der Waals surface area contributed by atoms with Gasteiger partial charge >= 0.3 is 0 Å². The standard InChI is InChI=1S/C12H17N3O/c1-10-4-2-3-5-11(10)15-12(16)6-8-14(15)9-7-13/h2-5H,6-9,13H2,1H3. The van der Waals surface area contributed by atoms with Gasteiger partial charge in [0.2, 0.25) is 5.91 Å². The lowest BCUT2D eigenvalue weighted by atomic mass is 10.2. The molecule has 2 N–H and O–H groups in total. The van der Waals surface area contributed by atoms with Crippen LogP contribution in [0.4, 0.5) is 5.69 Å². The molecule has 4 nitrogen and oxygen atoms in total. The van der Waals surface area contributed by atoms with Crippen molar-refractivity contribution in [3.63, 3.8) is 0 Å². The molecule has 4 heteroatoms. The first-order valence-electron chi connectivity index (χ1n) is 5.57. The van der Waals surface area contributed by atoms with Crippen LogP contribution in [0.1, 0.15) is 12.0 Å². The highest BCUT2D eigenvalue weighted by Crippen LogP contribution is 2.25. The third-order valence-electron chi connectivity index (χ3n) is 2.83. The Bertz CT molecular complexity index is 392. The monoisotopic (exact) mass is 219 g/mol. The second-order valence-electron chi connectivity index (χ2n) is 3.98. The number of nitrogens with two attached hydrogens (primary N) is 1. The normalized spacial score (nSPS) is 17.1. The molecular formula is C12H17N3O. The van der Waals surface area contributed by atoms with Crippen LogP contribution in [0.2, 0.25) is 0 Å². The summed E-state index contributed by atoms with van der Waals surface area (Å²) in [6.07, 6.45) is 0.578. The van der Waals surface area contributed by atoms with Crippen LogP contribution in [0.15, 0.2) is 24.3 Å². The maximum atomic E-state index is 11.9. The molecular weight excluding hydrogens is 202 g/mol. The molecule has 1 aliphatic rings. The number of benzene rings is 1. The Labute approximate surface area is 95.6 Å². The molecule has 1 aliphatic heterocycles. The first-order chi connectivity index (χ1) is 7.74. The number of nitrogens with zero attached hydrogens (tertiary/aromatic N) is 2. The van der Waals surface area contributed by atoms with E-state index in [4.69, 9.17) is 5.73 Å². The summed E-state index contributed by atoms with van der Waals surface area (Å²) in [7, 11) is 0. The number of hydrogen-bond acceptors (Lipinski definition) is 3. The molecule has 1 aromatic rings. The molecule has 0 aromatic heterocycles. The van der Waals surface area contributed by atoms with Crippen molar-refractivity contribution in [3.8, 4) is 0 Å². The van der Waals surface area contributed by atoms with Crippen molar-refractivity contribution in [2.24, 2.45) is 5.73 Å². The van der Waals surface area contributed by atoms with Crippen LogP contribution < -0.4 is 10.7 Å². The fourth-order valence-electron chi connectivity index (χ4n) is 2.04. The summed E-state index contributed by atoms with van der Waals surface area (Å²) < 4.78 is 0. The fourth-order valence-corrected chi connectivity index (χ4v) is 2.04. The Morgan fingerprint density at radius 1 is 1.38 bits per heavy atom. The maximum absolute atomic E-state index is 11.9. The van der Waals surface area contributed by atoms with Gasteiger partial charge in [0.15, 0.2) is 0 Å². The van der Waals surface area contributed by atoms with Gasteiger partial charge in [-0.05, 0) is 18.6 Å². The minimum Gasteiger partial charge on any atom is -0.329 e. The molecule has 1 heterocycles. The summed E-state index contributed by atoms with van der Waals surface area (Å²) in [6.45, 7) is 4.07. The van der Waals surface area contributed by atoms with E-state index in [1.54, 1.807) is 5.01 Å². The highest BCUT2D eigenvalue weighted by atomic mass is 16.2. The van der Waals surface area contributed by atoms with E-state index in [0.717, 1.165) is 24.3 Å². The molecule has 1 saturated heterocycles. The molecule has 0 unspecified atom stereocenters. The van der Waals surface area contributed by atoms with Crippen LogP contribution >= 0.6 is 0 Å². The predicted octanol–water partition coefficient (Wildman–Crippen LogP) is 0.907. The molecule has 0 saturated carbocycles. The van der Waals surface area contributed by atoms with Crippen molar-refractivity contribution in [1.82, 2.24) is 5.01 Å². The smallest absolute Gasteiger partial charge is 0.242 e. The van der Waals surface area contributed by atoms with Crippen molar-refractivity contribution in [3.05, 3.63) is 29.8 Å². The SMILES string of the molecule is Cc1ccccc1N1C(=O)CCN1CCN. The van der Waals surface area contributed by atoms with Gasteiger partial charge in [-0.1, -0.05) is 18.2 Å². The molecule has 1 fully saturated rings. The number of rotatable bonds is 3. The van der Waals surface area contributed by atoms with Crippen molar-refractivity contribution in [2.75, 3.05) is 24.6 Å². The molecule has 16 heavy (non-hydrogen) atoms. The van der Waals surface area contributed by atoms with Gasteiger partial charge in [-0.2, -0.15) is 0 Å². The Kier molecular flexibility index (Phi) is 3.22. The van der Waals surface area contributed by atoms with Crippen molar-refractivity contribution in [1.29, 1.82) is 0 Å². The van der Waals surface area contributed by atoms with E-state index in [0.29, 0.717) is 13.0 Å². The molecule has 0 atom stereocenters. The van der Waals surface area contributed by atoms with Gasteiger partial charge in [-0.3, -0.25) is 4.79 Å². The van der Waals surface area contributed by atoms with Gasteiger partial charge in [0.25, 0.3) is 0 Å². The molecule has 0 aliphatic carbocycles. The number of para-hydroxylation sites is 1. The fraction of sp³-hybridized carbons (Fsp3) is 0.417. The topological polar surface area (TPSA) is 49.6 Å². The summed E-state index contributed by atoms with van der Waals surface area (Å²) in [6, 6.07) is 7.92. The zero-order valence-electron chi connectivity index (χ0n) is 9.52. The van der Waals surface area contributed by atoms with Crippen molar-refractivity contribution < 1.29 is 4.79 Å². The van der Waals surface area contributed by atoms with E-state index >= 15 is 0 Å². The zero-order valence-corrected chi connectivity index (χ0v) is 9.52. The molecule has 0 spiro atoms. The number of hydrazine groups is 1. The summed E-state index contributed by atoms with van der Waals surface area (Å²) in [4.78, 5) is 11.9. The number of carbonyl (C=O) groups excluding carboxylic acids is 1. The molecule has 1 amide bonds. The summed E-state index contributed by atoms with van der Waals surface area (Å²) >= 11 is 0. The highest BCUT2D eigenvalue weighted by molar-refractivity contribution is 5.95. The average Bonchev–Trinajstić information content (AvgIpc) is 2.62. The van der Waals surface area contributed by atoms with Gasteiger partial charge in [0, 0.05) is 26.1 Å². The van der Waals surface area contributed by atoms with Gasteiger partial charge in [0.1, 0.15) is 0 Å². The van der Waals surface area contributed by atoms with Gasteiger partial charge < -0.3 is 5.73 Å². The number of carbonyl (C=O) groups is 1. The number of anilines is 1. The molecule has 86 valence electrons. The summed E-state index contributed by atoms with van der Waals surface area (Å²) in [5.74, 6) is 0.155. The average molecular weight is 219 g/mol. The first kappa shape index (κ1) is 11.1. The number of aryl methyl sites for hydroxylation is 1. The molecule has 2 rings (SSSR count). The van der Waals surface area contributed by atoms with Crippen LogP contribution in [0.25, 0.3) is 0 Å². The molecule has 1 aromatic carbocycles. The van der Waals surface area contributed by atoms with Gasteiger partial charge in [0.05, 0.1) is 5.69 Å². The lowest BCUT2D eigenvalue weighted by Crippen LogP contribution is -2.42. The van der Waals surface area contributed by atoms with E-state index in [1.165, 1.54) is 0 Å². The van der Waals surface area contributed by atoms with E-state index in [1.807, 2.05) is 36.2 Å². The van der Waals surface area contributed by atoms with Gasteiger partial charge in [-0.25, -0.2) is 10.0 Å². The summed E-state index contributed by atoms with van der Waals surface area (Å²) in [5, 5.41) is 3.78. The van der Waals surface area contributed by atoms with E-state index in [9.17, 15) is 4.79 Å². The molecule has 0 bridgehead atoms. The third-order valence-corrected chi connectivity index (χ3v) is 2.83. The van der Waals surface area contributed by atoms with E-state index in [2.05, 4.69) is 0 Å². The Morgan fingerprint density at radius 2 is 2.12 bits per heavy atom. The number of amides is 1. The lowest BCUT2D eigenvalue weighted by Gasteiger charge is -2.28. The van der Waals surface area contributed by atoms with Gasteiger partial charge in [-0.15, -0.1) is 0 Å². The van der Waals surface area contributed by atoms with Crippen LogP contribution in [0, 0.1) is 6.92 Å². The Hall–Kier alpha value is -1.39. The van der Waals surface area contributed by atoms with E-state index in [-0.39, 0.29) is 5.91 Å². The maximum Gasteiger partial charge on any atom is 0.242 e. The Balaban J connectivity index is 2.30. The quantitative estimate of drug-likeness (QED) is 0.822. The Morgan fingerprint density at radius 3 is 2.81 bits per heavy atom. The predicted molar refractivity (Wildman–Crippen MR) is 63.9 cm³/mol. The summed E-state index contributed by atoms with van der Waals surface area (Å²) in [5.41, 5.74) is 7.63. The number of hydrogen-bond donors (Lipinski definition) is 1. The second kappa shape index (κ2) is 4.63. The van der Waals surface area contributed by atoms with E-state index < -0.39 is 0 Å². The third kappa shape index (κ3) is 1.94. The lowest BCUT2D eigenvalue weighted by molar-refractivity contribution is -0.118. The first-order valence-corrected chi connectivity index (χ1v) is 5.57. The van der Waals surface area contributed by atoms with Crippen LogP contribution in [0.5, 0.6) is 0 Å².